The van der Waals surface area contributed by atoms with Crippen LogP contribution in [0.3, 0.4) is 0 Å². The maximum atomic E-state index is 12.7. The Morgan fingerprint density at radius 1 is 0.889 bits per heavy atom. The number of halogens is 1. The minimum Gasteiger partial charge on any atom is -0.422 e. The van der Waals surface area contributed by atoms with E-state index in [1.54, 1.807) is 42.5 Å². The van der Waals surface area contributed by atoms with E-state index in [1.807, 2.05) is 49.4 Å². The Kier molecular flexibility index (Phi) is 7.72. The average molecular weight is 500 g/mol. The van der Waals surface area contributed by atoms with Crippen LogP contribution in [-0.4, -0.2) is 30.5 Å². The Hall–Kier alpha value is -4.49. The molecule has 4 aromatic carbocycles. The molecule has 36 heavy (non-hydrogen) atoms. The van der Waals surface area contributed by atoms with E-state index in [4.69, 9.17) is 16.3 Å². The number of rotatable bonds is 7. The first-order chi connectivity index (χ1) is 17.4. The van der Waals surface area contributed by atoms with Gasteiger partial charge in [0.05, 0.1) is 18.3 Å². The van der Waals surface area contributed by atoms with Crippen LogP contribution in [0.4, 0.5) is 0 Å². The van der Waals surface area contributed by atoms with E-state index >= 15 is 0 Å². The normalized spacial score (nSPS) is 10.8. The number of ether oxygens (including phenoxy) is 1. The summed E-state index contributed by atoms with van der Waals surface area (Å²) in [6.07, 6.45) is 1.41. The fraction of sp³-hybridized carbons (Fsp3) is 0.0714. The molecule has 0 aliphatic heterocycles. The van der Waals surface area contributed by atoms with E-state index in [0.29, 0.717) is 21.7 Å². The molecule has 0 saturated carbocycles. The van der Waals surface area contributed by atoms with Crippen molar-refractivity contribution in [2.45, 2.75) is 6.92 Å². The molecule has 0 unspecified atom stereocenters. The Labute approximate surface area is 212 Å². The van der Waals surface area contributed by atoms with Crippen molar-refractivity contribution in [3.8, 4) is 5.75 Å². The number of carbonyl (C=O) groups excluding carboxylic acids is 3. The standard InChI is InChI=1S/C28H22ClN3O4/c1-18-6-8-20(9-7-18)27(34)30-17-26(33)32-31-16-24-23-5-3-2-4-19(23)12-15-25(24)36-28(35)21-10-13-22(29)14-11-21/h2-16H,17H2,1H3,(H,30,34)(H,32,33). The second-order valence-corrected chi connectivity index (χ2v) is 8.37. The van der Waals surface area contributed by atoms with E-state index < -0.39 is 11.9 Å². The molecular formula is C28H22ClN3O4. The van der Waals surface area contributed by atoms with Gasteiger partial charge in [0.25, 0.3) is 11.8 Å². The van der Waals surface area contributed by atoms with E-state index in [1.165, 1.54) is 6.21 Å². The molecule has 7 nitrogen and oxygen atoms in total. The van der Waals surface area contributed by atoms with Gasteiger partial charge in [0.2, 0.25) is 0 Å². The highest BCUT2D eigenvalue weighted by Crippen LogP contribution is 2.27. The lowest BCUT2D eigenvalue weighted by molar-refractivity contribution is -0.120. The van der Waals surface area contributed by atoms with Crippen molar-refractivity contribution in [1.29, 1.82) is 0 Å². The van der Waals surface area contributed by atoms with E-state index in [2.05, 4.69) is 15.8 Å². The van der Waals surface area contributed by atoms with Crippen LogP contribution in [0.15, 0.2) is 90.0 Å². The van der Waals surface area contributed by atoms with Crippen LogP contribution in [0, 0.1) is 6.92 Å². The second-order valence-electron chi connectivity index (χ2n) is 7.94. The van der Waals surface area contributed by atoms with Crippen LogP contribution in [-0.2, 0) is 4.79 Å². The van der Waals surface area contributed by atoms with Crippen molar-refractivity contribution in [3.05, 3.63) is 112 Å². The number of benzene rings is 4. The second kappa shape index (κ2) is 11.3. The van der Waals surface area contributed by atoms with Gasteiger partial charge >= 0.3 is 5.97 Å². The van der Waals surface area contributed by atoms with Gasteiger partial charge in [-0.3, -0.25) is 9.59 Å². The molecule has 0 aromatic heterocycles. The maximum Gasteiger partial charge on any atom is 0.343 e. The zero-order valence-electron chi connectivity index (χ0n) is 19.3. The summed E-state index contributed by atoms with van der Waals surface area (Å²) in [6.45, 7) is 1.67. The van der Waals surface area contributed by atoms with Crippen molar-refractivity contribution in [3.63, 3.8) is 0 Å². The van der Waals surface area contributed by atoms with E-state index in [0.717, 1.165) is 16.3 Å². The molecule has 4 rings (SSSR count). The summed E-state index contributed by atoms with van der Waals surface area (Å²) >= 11 is 5.90. The van der Waals surface area contributed by atoms with Gasteiger partial charge in [-0.05, 0) is 60.2 Å². The lowest BCUT2D eigenvalue weighted by Crippen LogP contribution is -2.34. The van der Waals surface area contributed by atoms with Crippen LogP contribution >= 0.6 is 11.6 Å². The molecule has 0 aliphatic rings. The highest BCUT2D eigenvalue weighted by Gasteiger charge is 2.14. The van der Waals surface area contributed by atoms with E-state index in [9.17, 15) is 14.4 Å². The van der Waals surface area contributed by atoms with Gasteiger partial charge in [0, 0.05) is 16.1 Å². The van der Waals surface area contributed by atoms with Crippen LogP contribution in [0.25, 0.3) is 10.8 Å². The number of hydrogen-bond donors (Lipinski definition) is 2. The van der Waals surface area contributed by atoms with Gasteiger partial charge in [0.1, 0.15) is 5.75 Å². The first kappa shape index (κ1) is 24.6. The Balaban J connectivity index is 1.46. The molecule has 8 heteroatoms. The fourth-order valence-electron chi connectivity index (χ4n) is 3.42. The van der Waals surface area contributed by atoms with Gasteiger partial charge in [-0.15, -0.1) is 0 Å². The smallest absolute Gasteiger partial charge is 0.343 e. The first-order valence-corrected chi connectivity index (χ1v) is 11.4. The third-order valence-corrected chi connectivity index (χ3v) is 5.57. The number of hydrazone groups is 1. The van der Waals surface area contributed by atoms with Crippen LogP contribution in [0.1, 0.15) is 31.8 Å². The van der Waals surface area contributed by atoms with Crippen LogP contribution in [0.5, 0.6) is 5.75 Å². The number of carbonyl (C=O) groups is 3. The molecule has 4 aromatic rings. The lowest BCUT2D eigenvalue weighted by Gasteiger charge is -2.11. The van der Waals surface area contributed by atoms with Crippen molar-refractivity contribution < 1.29 is 19.1 Å². The molecule has 180 valence electrons. The number of esters is 1. The van der Waals surface area contributed by atoms with Crippen molar-refractivity contribution >= 4 is 46.4 Å². The molecule has 0 spiro atoms. The summed E-state index contributed by atoms with van der Waals surface area (Å²) in [7, 11) is 0. The molecule has 0 bridgehead atoms. The predicted molar refractivity (Wildman–Crippen MR) is 140 cm³/mol. The first-order valence-electron chi connectivity index (χ1n) is 11.1. The summed E-state index contributed by atoms with van der Waals surface area (Å²) in [5.41, 5.74) is 4.74. The molecular weight excluding hydrogens is 478 g/mol. The Morgan fingerprint density at radius 2 is 1.58 bits per heavy atom. The number of aryl methyl sites for hydroxylation is 1. The van der Waals surface area contributed by atoms with E-state index in [-0.39, 0.29) is 18.2 Å². The number of fused-ring (bicyclic) bond motifs is 1. The molecule has 0 radical (unpaired) electrons. The molecule has 0 heterocycles. The number of hydrogen-bond acceptors (Lipinski definition) is 5. The highest BCUT2D eigenvalue weighted by atomic mass is 35.5. The summed E-state index contributed by atoms with van der Waals surface area (Å²) in [6, 6.07) is 24.4. The van der Waals surface area contributed by atoms with Crippen molar-refractivity contribution in [2.24, 2.45) is 5.10 Å². The van der Waals surface area contributed by atoms with Crippen LogP contribution in [0.2, 0.25) is 5.02 Å². The molecule has 0 fully saturated rings. The summed E-state index contributed by atoms with van der Waals surface area (Å²) in [5, 5.41) is 8.77. The zero-order valence-corrected chi connectivity index (χ0v) is 20.1. The Bertz CT molecular complexity index is 1450. The topological polar surface area (TPSA) is 96.9 Å². The molecule has 0 saturated heterocycles. The van der Waals surface area contributed by atoms with Gasteiger partial charge in [-0.25, -0.2) is 10.2 Å². The minimum absolute atomic E-state index is 0.252. The highest BCUT2D eigenvalue weighted by molar-refractivity contribution is 6.30. The molecule has 2 N–H and O–H groups in total. The van der Waals surface area contributed by atoms with Gasteiger partial charge < -0.3 is 10.1 Å². The zero-order chi connectivity index (χ0) is 25.5. The average Bonchev–Trinajstić information content (AvgIpc) is 2.89. The third-order valence-electron chi connectivity index (χ3n) is 5.32. The maximum absolute atomic E-state index is 12.7. The summed E-state index contributed by atoms with van der Waals surface area (Å²) < 4.78 is 5.63. The predicted octanol–water partition coefficient (Wildman–Crippen LogP) is 4.90. The minimum atomic E-state index is -0.556. The largest absolute Gasteiger partial charge is 0.422 e. The number of amides is 2. The third kappa shape index (κ3) is 6.14. The number of nitrogens with zero attached hydrogens (tertiary/aromatic N) is 1. The number of nitrogens with one attached hydrogen (secondary N) is 2. The van der Waals surface area contributed by atoms with Gasteiger partial charge in [-0.1, -0.05) is 59.6 Å². The molecule has 0 aliphatic carbocycles. The van der Waals surface area contributed by atoms with Crippen LogP contribution < -0.4 is 15.5 Å². The van der Waals surface area contributed by atoms with Crippen molar-refractivity contribution in [1.82, 2.24) is 10.7 Å². The SMILES string of the molecule is Cc1ccc(C(=O)NCC(=O)NN=Cc2c(OC(=O)c3ccc(Cl)cc3)ccc3ccccc23)cc1. The quantitative estimate of drug-likeness (QED) is 0.163. The Morgan fingerprint density at radius 3 is 2.33 bits per heavy atom. The molecule has 0 atom stereocenters. The monoisotopic (exact) mass is 499 g/mol. The fourth-order valence-corrected chi connectivity index (χ4v) is 3.54. The van der Waals surface area contributed by atoms with Gasteiger partial charge in [0.15, 0.2) is 0 Å². The summed E-state index contributed by atoms with van der Waals surface area (Å²) in [5.74, 6) is -1.15. The lowest BCUT2D eigenvalue weighted by atomic mass is 10.0. The summed E-state index contributed by atoms with van der Waals surface area (Å²) in [4.78, 5) is 37.1. The van der Waals surface area contributed by atoms with Crippen molar-refractivity contribution in [2.75, 3.05) is 6.54 Å². The van der Waals surface area contributed by atoms with Gasteiger partial charge in [-0.2, -0.15) is 5.10 Å². The molecule has 2 amide bonds.